The number of thioether (sulfide) groups is 1. The van der Waals surface area contributed by atoms with Gasteiger partial charge in [-0.2, -0.15) is 5.26 Å². The van der Waals surface area contributed by atoms with Gasteiger partial charge in [0.2, 0.25) is 0 Å². The molecule has 0 amide bonds. The molecule has 1 fully saturated rings. The maximum absolute atomic E-state index is 9.14. The summed E-state index contributed by atoms with van der Waals surface area (Å²) in [6.45, 7) is 1.91. The molecule has 0 bridgehead atoms. The molecule has 1 aromatic rings. The summed E-state index contributed by atoms with van der Waals surface area (Å²) < 4.78 is 5.31. The number of oxazole rings is 1. The summed E-state index contributed by atoms with van der Waals surface area (Å²) in [7, 11) is 1.85. The summed E-state index contributed by atoms with van der Waals surface area (Å²) in [4.78, 5) is 4.27. The number of nitriles is 1. The third kappa shape index (κ3) is 2.23. The quantitative estimate of drug-likeness (QED) is 0.872. The van der Waals surface area contributed by atoms with Gasteiger partial charge in [0.1, 0.15) is 11.8 Å². The Morgan fingerprint density at radius 1 is 1.75 bits per heavy atom. The van der Waals surface area contributed by atoms with E-state index in [1.807, 2.05) is 14.0 Å². The highest BCUT2D eigenvalue weighted by Crippen LogP contribution is 2.39. The van der Waals surface area contributed by atoms with Crippen molar-refractivity contribution in [3.05, 3.63) is 12.0 Å². The highest BCUT2D eigenvalue weighted by atomic mass is 32.2. The molecule has 2 atom stereocenters. The van der Waals surface area contributed by atoms with Crippen LogP contribution in [0.5, 0.6) is 0 Å². The topological polar surface area (TPSA) is 61.9 Å². The number of rotatable bonds is 3. The Labute approximate surface area is 99.4 Å². The molecule has 2 rings (SSSR count). The summed E-state index contributed by atoms with van der Waals surface area (Å²) in [5.41, 5.74) is 0.555. The molecule has 0 aromatic carbocycles. The number of nitrogens with zero attached hydrogens (tertiary/aromatic N) is 2. The molecular weight excluding hydrogens is 222 g/mol. The van der Waals surface area contributed by atoms with Gasteiger partial charge in [-0.15, -0.1) is 0 Å². The zero-order chi connectivity index (χ0) is 11.6. The molecule has 0 spiro atoms. The van der Waals surface area contributed by atoms with Crippen molar-refractivity contribution in [1.82, 2.24) is 10.3 Å². The van der Waals surface area contributed by atoms with Gasteiger partial charge in [0.05, 0.1) is 11.8 Å². The van der Waals surface area contributed by atoms with Crippen LogP contribution >= 0.6 is 11.8 Å². The minimum Gasteiger partial charge on any atom is -0.440 e. The van der Waals surface area contributed by atoms with Gasteiger partial charge < -0.3 is 9.73 Å². The first-order valence-corrected chi connectivity index (χ1v) is 6.24. The average molecular weight is 237 g/mol. The van der Waals surface area contributed by atoms with E-state index in [2.05, 4.69) is 16.4 Å². The van der Waals surface area contributed by atoms with Crippen molar-refractivity contribution in [2.75, 3.05) is 7.05 Å². The molecule has 4 nitrogen and oxygen atoms in total. The Hall–Kier alpha value is -0.990. The number of hydrogen-bond acceptors (Lipinski definition) is 5. The smallest absolute Gasteiger partial charge is 0.256 e. The molecule has 0 radical (unpaired) electrons. The summed E-state index contributed by atoms with van der Waals surface area (Å²) in [6.07, 6.45) is 4.44. The van der Waals surface area contributed by atoms with Gasteiger partial charge in [0, 0.05) is 5.25 Å². The van der Waals surface area contributed by atoms with E-state index >= 15 is 0 Å². The highest BCUT2D eigenvalue weighted by molar-refractivity contribution is 7.99. The lowest BCUT2D eigenvalue weighted by atomic mass is 10.0. The summed E-state index contributed by atoms with van der Waals surface area (Å²) in [6, 6.07) is 2.37. The van der Waals surface area contributed by atoms with Gasteiger partial charge in [-0.05, 0) is 33.2 Å². The molecule has 1 aliphatic carbocycles. The Morgan fingerprint density at radius 3 is 3.06 bits per heavy atom. The van der Waals surface area contributed by atoms with Crippen molar-refractivity contribution >= 4 is 11.8 Å². The lowest BCUT2D eigenvalue weighted by molar-refractivity contribution is 0.450. The first kappa shape index (κ1) is 11.5. The van der Waals surface area contributed by atoms with Crippen LogP contribution < -0.4 is 5.32 Å². The van der Waals surface area contributed by atoms with Crippen LogP contribution in [-0.4, -0.2) is 22.8 Å². The third-order valence-corrected chi connectivity index (χ3v) is 4.15. The average Bonchev–Trinajstić information content (AvgIpc) is 2.87. The zero-order valence-electron chi connectivity index (χ0n) is 9.49. The zero-order valence-corrected chi connectivity index (χ0v) is 10.3. The van der Waals surface area contributed by atoms with Crippen LogP contribution in [0, 0.1) is 18.3 Å². The fourth-order valence-electron chi connectivity index (χ4n) is 2.01. The molecule has 0 aliphatic heterocycles. The van der Waals surface area contributed by atoms with Crippen LogP contribution in [0.15, 0.2) is 15.9 Å². The minimum absolute atomic E-state index is 0.348. The maximum Gasteiger partial charge on any atom is 0.256 e. The summed E-state index contributed by atoms with van der Waals surface area (Å²) >= 11 is 1.64. The van der Waals surface area contributed by atoms with Crippen molar-refractivity contribution in [2.45, 2.75) is 42.2 Å². The number of nitrogens with one attached hydrogen (secondary N) is 1. The van der Waals surface area contributed by atoms with Gasteiger partial charge in [0.15, 0.2) is 0 Å². The predicted molar refractivity (Wildman–Crippen MR) is 62.1 cm³/mol. The van der Waals surface area contributed by atoms with E-state index in [1.54, 1.807) is 18.0 Å². The summed E-state index contributed by atoms with van der Waals surface area (Å²) in [5.74, 6) is 0. The van der Waals surface area contributed by atoms with Crippen molar-refractivity contribution in [3.8, 4) is 6.07 Å². The molecule has 1 aromatic heterocycles. The fraction of sp³-hybridized carbons (Fsp3) is 0.636. The van der Waals surface area contributed by atoms with E-state index in [1.165, 1.54) is 0 Å². The Morgan fingerprint density at radius 2 is 2.56 bits per heavy atom. The minimum atomic E-state index is -0.348. The molecule has 16 heavy (non-hydrogen) atoms. The monoisotopic (exact) mass is 237 g/mol. The highest BCUT2D eigenvalue weighted by Gasteiger charge is 2.39. The third-order valence-electron chi connectivity index (χ3n) is 3.03. The van der Waals surface area contributed by atoms with E-state index in [0.717, 1.165) is 25.0 Å². The molecule has 0 saturated heterocycles. The van der Waals surface area contributed by atoms with Crippen molar-refractivity contribution in [1.29, 1.82) is 5.26 Å². The second-order valence-corrected chi connectivity index (χ2v) is 5.43. The van der Waals surface area contributed by atoms with Gasteiger partial charge in [-0.3, -0.25) is 0 Å². The van der Waals surface area contributed by atoms with Gasteiger partial charge in [0.25, 0.3) is 5.22 Å². The van der Waals surface area contributed by atoms with E-state index in [0.29, 0.717) is 10.5 Å². The van der Waals surface area contributed by atoms with Crippen LogP contribution in [0.4, 0.5) is 0 Å². The largest absolute Gasteiger partial charge is 0.440 e. The van der Waals surface area contributed by atoms with Crippen LogP contribution in [0.1, 0.15) is 25.0 Å². The maximum atomic E-state index is 9.14. The molecule has 1 saturated carbocycles. The number of aryl methyl sites for hydroxylation is 1. The number of hydrogen-bond donors (Lipinski definition) is 1. The molecule has 1 N–H and O–H groups in total. The summed E-state index contributed by atoms with van der Waals surface area (Å²) in [5, 5.41) is 13.4. The molecule has 1 heterocycles. The predicted octanol–water partition coefficient (Wildman–Crippen LogP) is 2.11. The van der Waals surface area contributed by atoms with Crippen molar-refractivity contribution in [2.24, 2.45) is 0 Å². The molecule has 1 aliphatic rings. The molecule has 5 heteroatoms. The van der Waals surface area contributed by atoms with Gasteiger partial charge in [-0.25, -0.2) is 4.98 Å². The van der Waals surface area contributed by atoms with Crippen LogP contribution in [0.3, 0.4) is 0 Å². The van der Waals surface area contributed by atoms with Crippen LogP contribution in [0.25, 0.3) is 0 Å². The van der Waals surface area contributed by atoms with Crippen molar-refractivity contribution < 1.29 is 4.42 Å². The number of aromatic nitrogens is 1. The molecular formula is C11H15N3OS. The lowest BCUT2D eigenvalue weighted by Gasteiger charge is -2.19. The van der Waals surface area contributed by atoms with E-state index in [4.69, 9.17) is 9.68 Å². The van der Waals surface area contributed by atoms with E-state index in [-0.39, 0.29) is 5.54 Å². The standard InChI is InChI=1S/C11H15N3OS/c1-8-6-15-10(14-8)16-9-3-4-11(5-9,7-12)13-2/h6,9,13H,3-5H2,1-2H3. The van der Waals surface area contributed by atoms with E-state index < -0.39 is 0 Å². The lowest BCUT2D eigenvalue weighted by Crippen LogP contribution is -2.38. The SMILES string of the molecule is CNC1(C#N)CCC(Sc2nc(C)co2)C1. The van der Waals surface area contributed by atoms with Crippen LogP contribution in [0.2, 0.25) is 0 Å². The second-order valence-electron chi connectivity index (χ2n) is 4.18. The molecule has 2 unspecified atom stereocenters. The Bertz CT molecular complexity index is 412. The Balaban J connectivity index is 1.97. The first-order valence-electron chi connectivity index (χ1n) is 5.36. The Kier molecular flexibility index (Phi) is 3.22. The fourth-order valence-corrected chi connectivity index (χ4v) is 3.20. The van der Waals surface area contributed by atoms with Gasteiger partial charge >= 0.3 is 0 Å². The normalized spacial score (nSPS) is 29.2. The molecule has 86 valence electrons. The first-order chi connectivity index (χ1) is 7.67. The van der Waals surface area contributed by atoms with Gasteiger partial charge in [-0.1, -0.05) is 11.8 Å². The van der Waals surface area contributed by atoms with Crippen molar-refractivity contribution in [3.63, 3.8) is 0 Å². The van der Waals surface area contributed by atoms with Crippen LogP contribution in [-0.2, 0) is 0 Å². The van der Waals surface area contributed by atoms with E-state index in [9.17, 15) is 0 Å². The second kappa shape index (κ2) is 4.48.